The van der Waals surface area contributed by atoms with E-state index >= 15 is 0 Å². The highest BCUT2D eigenvalue weighted by Crippen LogP contribution is 2.15. The van der Waals surface area contributed by atoms with Gasteiger partial charge in [0, 0.05) is 19.3 Å². The summed E-state index contributed by atoms with van der Waals surface area (Å²) in [4.78, 5) is 37.0. The molecule has 0 aromatic rings. The van der Waals surface area contributed by atoms with Crippen LogP contribution in [-0.2, 0) is 28.6 Å². The van der Waals surface area contributed by atoms with Crippen molar-refractivity contribution in [3.8, 4) is 0 Å². The van der Waals surface area contributed by atoms with Gasteiger partial charge >= 0.3 is 17.9 Å². The zero-order chi connectivity index (χ0) is 42.8. The Hall–Kier alpha value is -2.71. The van der Waals surface area contributed by atoms with Crippen molar-refractivity contribution in [2.24, 2.45) is 0 Å². The molecule has 0 aromatic carbocycles. The van der Waals surface area contributed by atoms with Gasteiger partial charge in [0.05, 0.1) is 34.4 Å². The normalized spacial score (nSPS) is 13.3. The fourth-order valence-corrected chi connectivity index (χ4v) is 6.85. The van der Waals surface area contributed by atoms with Gasteiger partial charge in [-0.2, -0.15) is 0 Å². The second-order valence-electron chi connectivity index (χ2n) is 17.0. The highest BCUT2D eigenvalue weighted by molar-refractivity contribution is 5.72. The summed E-state index contributed by atoms with van der Waals surface area (Å²) < 4.78 is 17.3. The van der Waals surface area contributed by atoms with Crippen LogP contribution in [0, 0.1) is 0 Å². The second-order valence-corrected chi connectivity index (χ2v) is 17.0. The molecule has 0 saturated carbocycles. The number of carbonyl (C=O) groups excluding carboxylic acids is 2. The van der Waals surface area contributed by atoms with Gasteiger partial charge in [-0.25, -0.2) is 4.79 Å². The molecule has 0 radical (unpaired) electrons. The van der Waals surface area contributed by atoms with Crippen LogP contribution < -0.4 is 0 Å². The maximum absolute atomic E-state index is 12.8. The van der Waals surface area contributed by atoms with E-state index in [-0.39, 0.29) is 36.2 Å². The Morgan fingerprint density at radius 3 is 1.43 bits per heavy atom. The van der Waals surface area contributed by atoms with Crippen molar-refractivity contribution in [1.82, 2.24) is 0 Å². The molecule has 1 N–H and O–H groups in total. The average Bonchev–Trinajstić information content (AvgIpc) is 3.18. The minimum absolute atomic E-state index is 0.0509. The van der Waals surface area contributed by atoms with Gasteiger partial charge in [-0.3, -0.25) is 9.59 Å². The third-order valence-electron chi connectivity index (χ3n) is 10.5. The molecule has 0 amide bonds. The predicted molar refractivity (Wildman–Crippen MR) is 243 cm³/mol. The molecule has 0 aliphatic carbocycles. The lowest BCUT2D eigenvalue weighted by atomic mass is 10.0. The Morgan fingerprint density at radius 1 is 0.534 bits per heavy atom. The molecule has 2 atom stereocenters. The van der Waals surface area contributed by atoms with E-state index in [1.165, 1.54) is 103 Å². The number of hydrogen-bond acceptors (Lipinski definition) is 6. The van der Waals surface area contributed by atoms with Crippen molar-refractivity contribution in [3.63, 3.8) is 0 Å². The van der Waals surface area contributed by atoms with Gasteiger partial charge in [-0.1, -0.05) is 178 Å². The minimum Gasteiger partial charge on any atom is -0.477 e. The van der Waals surface area contributed by atoms with Crippen LogP contribution in [-0.4, -0.2) is 80.6 Å². The van der Waals surface area contributed by atoms with Gasteiger partial charge in [0.2, 0.25) is 0 Å². The van der Waals surface area contributed by atoms with Crippen molar-refractivity contribution < 1.29 is 38.2 Å². The van der Waals surface area contributed by atoms with Crippen LogP contribution in [0.5, 0.6) is 0 Å². The van der Waals surface area contributed by atoms with Crippen molar-refractivity contribution in [2.75, 3.05) is 41.0 Å². The summed E-state index contributed by atoms with van der Waals surface area (Å²) in [7, 11) is 5.53. The van der Waals surface area contributed by atoms with Gasteiger partial charge in [0.15, 0.2) is 12.1 Å². The molecule has 0 aliphatic heterocycles. The van der Waals surface area contributed by atoms with Gasteiger partial charge in [-0.05, 0) is 51.4 Å². The van der Waals surface area contributed by atoms with Crippen LogP contribution in [0.25, 0.3) is 0 Å². The van der Waals surface area contributed by atoms with Gasteiger partial charge in [-0.15, -0.1) is 0 Å². The zero-order valence-electron chi connectivity index (χ0n) is 38.2. The Kier molecular flexibility index (Phi) is 39.1. The number of carboxylic acid groups (broad SMARTS) is 1. The summed E-state index contributed by atoms with van der Waals surface area (Å²) in [6.07, 6.45) is 48.7. The first kappa shape index (κ1) is 55.3. The van der Waals surface area contributed by atoms with Crippen LogP contribution in [0.4, 0.5) is 0 Å². The number of carboxylic acids is 1. The first-order valence-electron chi connectivity index (χ1n) is 23.7. The highest BCUT2D eigenvalue weighted by Gasteiger charge is 2.31. The smallest absolute Gasteiger partial charge is 0.362 e. The van der Waals surface area contributed by atoms with E-state index in [2.05, 4.69) is 62.5 Å². The highest BCUT2D eigenvalue weighted by atomic mass is 16.6. The Morgan fingerprint density at radius 2 is 0.966 bits per heavy atom. The SMILES string of the molecule is CC/C=C\C/C=C\C/C=C\C/C=C\CCCCCCCCCCCCC(=O)OC(COCCC(C(=O)O)[N+](C)(C)C)COC(=O)CCCCCCCCCCCCC. The number of quaternary nitrogens is 1. The molecule has 0 spiro atoms. The Bertz CT molecular complexity index is 1090. The largest absolute Gasteiger partial charge is 0.477 e. The number of aliphatic carboxylic acids is 1. The van der Waals surface area contributed by atoms with Gasteiger partial charge in [0.25, 0.3) is 0 Å². The van der Waals surface area contributed by atoms with Crippen molar-refractivity contribution >= 4 is 17.9 Å². The third-order valence-corrected chi connectivity index (χ3v) is 10.5. The summed E-state index contributed by atoms with van der Waals surface area (Å²) in [6.45, 7) is 4.62. The quantitative estimate of drug-likeness (QED) is 0.0283. The zero-order valence-corrected chi connectivity index (χ0v) is 38.2. The number of allylic oxidation sites excluding steroid dienone is 8. The molecule has 0 bridgehead atoms. The van der Waals surface area contributed by atoms with E-state index in [0.717, 1.165) is 64.2 Å². The van der Waals surface area contributed by atoms with E-state index < -0.39 is 18.1 Å². The van der Waals surface area contributed by atoms with Crippen LogP contribution in [0.1, 0.15) is 200 Å². The van der Waals surface area contributed by atoms with E-state index in [4.69, 9.17) is 14.2 Å². The number of hydrogen-bond donors (Lipinski definition) is 1. The van der Waals surface area contributed by atoms with Crippen molar-refractivity contribution in [3.05, 3.63) is 48.6 Å². The van der Waals surface area contributed by atoms with Crippen LogP contribution in [0.15, 0.2) is 48.6 Å². The first-order valence-corrected chi connectivity index (χ1v) is 23.7. The first-order chi connectivity index (χ1) is 28.1. The molecular weight excluding hydrogens is 727 g/mol. The lowest BCUT2D eigenvalue weighted by Crippen LogP contribution is -2.50. The maximum atomic E-state index is 12.8. The predicted octanol–water partition coefficient (Wildman–Crippen LogP) is 13.2. The summed E-state index contributed by atoms with van der Waals surface area (Å²) in [5.74, 6) is -1.47. The van der Waals surface area contributed by atoms with E-state index in [1.54, 1.807) is 0 Å². The number of carbonyl (C=O) groups is 3. The van der Waals surface area contributed by atoms with E-state index in [1.807, 2.05) is 21.1 Å². The molecule has 58 heavy (non-hydrogen) atoms. The van der Waals surface area contributed by atoms with Gasteiger partial charge in [0.1, 0.15) is 6.61 Å². The van der Waals surface area contributed by atoms with E-state index in [0.29, 0.717) is 19.3 Å². The Labute approximate surface area is 356 Å². The molecule has 8 heteroatoms. The van der Waals surface area contributed by atoms with Gasteiger partial charge < -0.3 is 23.8 Å². The standard InChI is InChI=1S/C50H89NO7/c1-6-8-10-12-14-16-18-19-20-21-22-23-24-25-26-27-28-29-31-33-35-37-39-41-49(53)58-46(44-56-43-42-47(50(54)55)51(3,4)5)45-57-48(52)40-38-36-34-32-30-17-15-13-11-9-7-2/h8,10,14,16,19-20,22-23,46-47H,6-7,9,11-13,15,17-18,21,24-45H2,1-5H3/p+1/b10-8-,16-14-,20-19-,23-22-. The third kappa shape index (κ3) is 38.8. The van der Waals surface area contributed by atoms with E-state index in [9.17, 15) is 19.5 Å². The average molecular weight is 817 g/mol. The van der Waals surface area contributed by atoms with Crippen molar-refractivity contribution in [2.45, 2.75) is 212 Å². The molecule has 0 heterocycles. The lowest BCUT2D eigenvalue weighted by molar-refractivity contribution is -0.887. The maximum Gasteiger partial charge on any atom is 0.362 e. The number of esters is 2. The van der Waals surface area contributed by atoms with Crippen LogP contribution >= 0.6 is 0 Å². The molecular formula is C50H90NO7+. The molecule has 0 aromatic heterocycles. The minimum atomic E-state index is -0.875. The summed E-state index contributed by atoms with van der Waals surface area (Å²) in [5.41, 5.74) is 0. The number of ether oxygens (including phenoxy) is 3. The molecule has 0 fully saturated rings. The topological polar surface area (TPSA) is 99.1 Å². The molecule has 336 valence electrons. The second kappa shape index (κ2) is 41.0. The molecule has 0 rings (SSSR count). The number of likely N-dealkylation sites (N-methyl/N-ethyl adjacent to an activating group) is 1. The fourth-order valence-electron chi connectivity index (χ4n) is 6.85. The molecule has 2 unspecified atom stereocenters. The summed E-state index contributed by atoms with van der Waals surface area (Å²) in [6, 6.07) is -0.614. The Balaban J connectivity index is 4.23. The fraction of sp³-hybridized carbons (Fsp3) is 0.780. The number of nitrogens with zero attached hydrogens (tertiary/aromatic N) is 1. The number of rotatable bonds is 42. The van der Waals surface area contributed by atoms with Crippen LogP contribution in [0.2, 0.25) is 0 Å². The van der Waals surface area contributed by atoms with Crippen LogP contribution in [0.3, 0.4) is 0 Å². The molecule has 0 aliphatic rings. The van der Waals surface area contributed by atoms with Crippen molar-refractivity contribution in [1.29, 1.82) is 0 Å². The lowest BCUT2D eigenvalue weighted by Gasteiger charge is -2.31. The summed E-state index contributed by atoms with van der Waals surface area (Å²) >= 11 is 0. The molecule has 8 nitrogen and oxygen atoms in total. The number of unbranched alkanes of at least 4 members (excludes halogenated alkanes) is 20. The molecule has 0 saturated heterocycles. The monoisotopic (exact) mass is 817 g/mol. The summed E-state index contributed by atoms with van der Waals surface area (Å²) in [5, 5.41) is 9.63.